The van der Waals surface area contributed by atoms with Crippen molar-refractivity contribution in [3.63, 3.8) is 0 Å². The van der Waals surface area contributed by atoms with Crippen molar-refractivity contribution >= 4 is 5.97 Å². The standard InChI is InChI=1S/C14H30N2O4/c1-6-16(7-2)12(15-5)9-20-11(4)14(19)10(3)8-13(17)18/h10-12,14-15,19H,6-9H2,1-5H3,(H,17,18)/t10-,11+,12?,14-/m1/s1. The predicted molar refractivity (Wildman–Crippen MR) is 78.6 cm³/mol. The molecule has 6 heteroatoms. The predicted octanol–water partition coefficient (Wildman–Crippen LogP) is 0.751. The maximum absolute atomic E-state index is 10.6. The minimum absolute atomic E-state index is 0.0552. The number of ether oxygens (including phenoxy) is 1. The summed E-state index contributed by atoms with van der Waals surface area (Å²) < 4.78 is 5.70. The molecule has 0 heterocycles. The van der Waals surface area contributed by atoms with Crippen LogP contribution in [0.25, 0.3) is 0 Å². The lowest BCUT2D eigenvalue weighted by Gasteiger charge is -2.31. The first kappa shape index (κ1) is 19.3. The quantitative estimate of drug-likeness (QED) is 0.487. The Balaban J connectivity index is 4.30. The Bertz CT molecular complexity index is 272. The highest BCUT2D eigenvalue weighted by Gasteiger charge is 2.25. The lowest BCUT2D eigenvalue weighted by Crippen LogP contribution is -2.48. The Morgan fingerprint density at radius 2 is 1.85 bits per heavy atom. The highest BCUT2D eigenvalue weighted by molar-refractivity contribution is 5.67. The van der Waals surface area contributed by atoms with E-state index < -0.39 is 18.2 Å². The van der Waals surface area contributed by atoms with Gasteiger partial charge in [0.1, 0.15) is 0 Å². The second-order valence-electron chi connectivity index (χ2n) is 5.13. The van der Waals surface area contributed by atoms with Gasteiger partial charge in [0.15, 0.2) is 0 Å². The molecule has 6 nitrogen and oxygen atoms in total. The summed E-state index contributed by atoms with van der Waals surface area (Å²) in [6, 6.07) is 0. The molecule has 0 aliphatic heterocycles. The van der Waals surface area contributed by atoms with Crippen molar-refractivity contribution in [3.8, 4) is 0 Å². The number of nitrogens with zero attached hydrogens (tertiary/aromatic N) is 1. The number of likely N-dealkylation sites (N-methyl/N-ethyl adjacent to an activating group) is 2. The zero-order valence-corrected chi connectivity index (χ0v) is 13.3. The van der Waals surface area contributed by atoms with Crippen LogP contribution in [0.4, 0.5) is 0 Å². The van der Waals surface area contributed by atoms with E-state index in [4.69, 9.17) is 9.84 Å². The van der Waals surface area contributed by atoms with Crippen LogP contribution in [-0.2, 0) is 9.53 Å². The maximum Gasteiger partial charge on any atom is 0.303 e. The number of aliphatic carboxylic acids is 1. The van der Waals surface area contributed by atoms with Crippen LogP contribution in [-0.4, -0.2) is 66.2 Å². The summed E-state index contributed by atoms with van der Waals surface area (Å²) in [6.45, 7) is 9.95. The molecule has 20 heavy (non-hydrogen) atoms. The van der Waals surface area contributed by atoms with Crippen LogP contribution in [0.15, 0.2) is 0 Å². The van der Waals surface area contributed by atoms with E-state index in [2.05, 4.69) is 24.1 Å². The first-order valence-electron chi connectivity index (χ1n) is 7.30. The Kier molecular flexibility index (Phi) is 9.75. The monoisotopic (exact) mass is 290 g/mol. The Morgan fingerprint density at radius 1 is 1.30 bits per heavy atom. The smallest absolute Gasteiger partial charge is 0.303 e. The number of hydrogen-bond acceptors (Lipinski definition) is 5. The largest absolute Gasteiger partial charge is 0.481 e. The van der Waals surface area contributed by atoms with Crippen LogP contribution < -0.4 is 5.32 Å². The van der Waals surface area contributed by atoms with Gasteiger partial charge in [-0.05, 0) is 33.0 Å². The number of carbonyl (C=O) groups is 1. The Hall–Kier alpha value is -0.690. The van der Waals surface area contributed by atoms with E-state index in [9.17, 15) is 9.90 Å². The van der Waals surface area contributed by atoms with E-state index in [1.54, 1.807) is 13.8 Å². The molecule has 1 unspecified atom stereocenters. The van der Waals surface area contributed by atoms with Gasteiger partial charge in [-0.15, -0.1) is 0 Å². The fourth-order valence-corrected chi connectivity index (χ4v) is 2.24. The van der Waals surface area contributed by atoms with Crippen molar-refractivity contribution in [1.82, 2.24) is 10.2 Å². The molecule has 0 fully saturated rings. The first-order valence-corrected chi connectivity index (χ1v) is 7.30. The number of nitrogens with one attached hydrogen (secondary N) is 1. The second-order valence-corrected chi connectivity index (χ2v) is 5.13. The van der Waals surface area contributed by atoms with Crippen molar-refractivity contribution in [3.05, 3.63) is 0 Å². The molecule has 3 N–H and O–H groups in total. The average molecular weight is 290 g/mol. The molecule has 0 aliphatic rings. The van der Waals surface area contributed by atoms with Crippen molar-refractivity contribution in [2.75, 3.05) is 26.7 Å². The van der Waals surface area contributed by atoms with Gasteiger partial charge in [0, 0.05) is 0 Å². The summed E-state index contributed by atoms with van der Waals surface area (Å²) in [5.74, 6) is -1.23. The van der Waals surface area contributed by atoms with Crippen molar-refractivity contribution in [2.45, 2.75) is 52.5 Å². The molecule has 0 aromatic carbocycles. The highest BCUT2D eigenvalue weighted by atomic mass is 16.5. The van der Waals surface area contributed by atoms with Gasteiger partial charge in [0.25, 0.3) is 0 Å². The third kappa shape index (κ3) is 6.65. The third-order valence-corrected chi connectivity index (χ3v) is 3.66. The Morgan fingerprint density at radius 3 is 2.25 bits per heavy atom. The molecule has 0 aromatic rings. The van der Waals surface area contributed by atoms with E-state index in [-0.39, 0.29) is 18.5 Å². The molecule has 0 bridgehead atoms. The van der Waals surface area contributed by atoms with Gasteiger partial charge in [0.2, 0.25) is 0 Å². The van der Waals surface area contributed by atoms with Crippen molar-refractivity contribution in [1.29, 1.82) is 0 Å². The van der Waals surface area contributed by atoms with Gasteiger partial charge in [0.05, 0.1) is 31.4 Å². The number of hydrogen-bond donors (Lipinski definition) is 3. The molecule has 0 spiro atoms. The van der Waals surface area contributed by atoms with Crippen LogP contribution in [0.2, 0.25) is 0 Å². The van der Waals surface area contributed by atoms with E-state index in [1.165, 1.54) is 0 Å². The van der Waals surface area contributed by atoms with Gasteiger partial charge in [-0.2, -0.15) is 0 Å². The zero-order valence-electron chi connectivity index (χ0n) is 13.3. The van der Waals surface area contributed by atoms with Crippen LogP contribution in [0.5, 0.6) is 0 Å². The summed E-state index contributed by atoms with van der Waals surface area (Å²) >= 11 is 0. The van der Waals surface area contributed by atoms with Gasteiger partial charge in [-0.1, -0.05) is 20.8 Å². The molecule has 4 atom stereocenters. The molecule has 120 valence electrons. The molecule has 0 amide bonds. The lowest BCUT2D eigenvalue weighted by atomic mass is 9.97. The Labute approximate surface area is 122 Å². The van der Waals surface area contributed by atoms with Crippen LogP contribution in [0.3, 0.4) is 0 Å². The van der Waals surface area contributed by atoms with E-state index in [1.807, 2.05) is 7.05 Å². The molecule has 0 saturated carbocycles. The summed E-state index contributed by atoms with van der Waals surface area (Å²) in [6.07, 6.45) is -1.13. The molecular weight excluding hydrogens is 260 g/mol. The van der Waals surface area contributed by atoms with Crippen LogP contribution in [0, 0.1) is 5.92 Å². The van der Waals surface area contributed by atoms with Gasteiger partial charge >= 0.3 is 5.97 Å². The number of carboxylic acids is 1. The minimum Gasteiger partial charge on any atom is -0.481 e. The number of aliphatic hydroxyl groups excluding tert-OH is 1. The summed E-state index contributed by atoms with van der Waals surface area (Å²) in [4.78, 5) is 12.9. The third-order valence-electron chi connectivity index (χ3n) is 3.66. The van der Waals surface area contributed by atoms with Crippen molar-refractivity contribution in [2.24, 2.45) is 5.92 Å². The van der Waals surface area contributed by atoms with E-state index in [0.29, 0.717) is 6.61 Å². The lowest BCUT2D eigenvalue weighted by molar-refractivity contribution is -0.140. The molecule has 0 radical (unpaired) electrons. The average Bonchev–Trinajstić information content (AvgIpc) is 2.41. The van der Waals surface area contributed by atoms with Gasteiger partial charge in [-0.25, -0.2) is 0 Å². The van der Waals surface area contributed by atoms with Gasteiger partial charge < -0.3 is 20.3 Å². The first-order chi connectivity index (χ1) is 9.37. The topological polar surface area (TPSA) is 82.0 Å². The fraction of sp³-hybridized carbons (Fsp3) is 0.929. The normalized spacial score (nSPS) is 17.8. The number of carboxylic acid groups (broad SMARTS) is 1. The van der Waals surface area contributed by atoms with Crippen LogP contribution in [0.1, 0.15) is 34.1 Å². The molecule has 0 aromatic heterocycles. The number of rotatable bonds is 11. The SMILES string of the molecule is CCN(CC)C(CO[C@@H](C)[C@H](O)[C@H](C)CC(=O)O)NC. The molecule has 0 rings (SSSR count). The second kappa shape index (κ2) is 10.1. The fourth-order valence-electron chi connectivity index (χ4n) is 2.24. The molecule has 0 saturated heterocycles. The minimum atomic E-state index is -0.903. The molecule has 0 aliphatic carbocycles. The zero-order chi connectivity index (χ0) is 15.7. The number of aliphatic hydroxyl groups is 1. The van der Waals surface area contributed by atoms with E-state index >= 15 is 0 Å². The summed E-state index contributed by atoms with van der Waals surface area (Å²) in [7, 11) is 1.88. The summed E-state index contributed by atoms with van der Waals surface area (Å²) in [5.41, 5.74) is 0. The molecular formula is C14H30N2O4. The highest BCUT2D eigenvalue weighted by Crippen LogP contribution is 2.14. The van der Waals surface area contributed by atoms with Gasteiger partial charge in [-0.3, -0.25) is 9.69 Å². The van der Waals surface area contributed by atoms with Crippen molar-refractivity contribution < 1.29 is 19.7 Å². The van der Waals surface area contributed by atoms with E-state index in [0.717, 1.165) is 13.1 Å². The summed E-state index contributed by atoms with van der Waals surface area (Å²) in [5, 5.41) is 22.0. The van der Waals surface area contributed by atoms with Crippen LogP contribution >= 0.6 is 0 Å². The maximum atomic E-state index is 10.6.